The summed E-state index contributed by atoms with van der Waals surface area (Å²) < 4.78 is 23.5. The molecule has 0 radical (unpaired) electrons. The van der Waals surface area contributed by atoms with Gasteiger partial charge < -0.3 is 10.2 Å². The summed E-state index contributed by atoms with van der Waals surface area (Å²) in [5.74, 6) is 0. The maximum absolute atomic E-state index is 12.5. The number of hydrogen-bond acceptors (Lipinski definition) is 3. The van der Waals surface area contributed by atoms with Gasteiger partial charge in [0.15, 0.2) is 0 Å². The number of fused-ring (bicyclic) bond motifs is 2. The Bertz CT molecular complexity index is 661. The molecule has 0 saturated carbocycles. The van der Waals surface area contributed by atoms with Crippen LogP contribution in [0.3, 0.4) is 0 Å². The highest BCUT2D eigenvalue weighted by molar-refractivity contribution is 7.91. The fourth-order valence-electron chi connectivity index (χ4n) is 3.53. The maximum Gasteiger partial charge on any atom is 0.322 e. The molecule has 7 heteroatoms. The first-order chi connectivity index (χ1) is 10.3. The Morgan fingerprint density at radius 2 is 1.73 bits per heavy atom. The van der Waals surface area contributed by atoms with Crippen molar-refractivity contribution in [3.05, 3.63) is 29.3 Å². The van der Waals surface area contributed by atoms with Gasteiger partial charge in [0.1, 0.15) is 9.84 Å². The largest absolute Gasteiger partial charge is 0.322 e. The molecule has 1 N–H and O–H groups in total. The van der Waals surface area contributed by atoms with Crippen molar-refractivity contribution in [2.75, 3.05) is 11.6 Å². The molecular weight excluding hydrogens is 324 g/mol. The highest BCUT2D eigenvalue weighted by Gasteiger charge is 2.45. The third-order valence-corrected chi connectivity index (χ3v) is 6.47. The van der Waals surface area contributed by atoms with Crippen LogP contribution in [0.15, 0.2) is 24.3 Å². The van der Waals surface area contributed by atoms with Gasteiger partial charge in [-0.25, -0.2) is 13.2 Å². The zero-order valence-electron chi connectivity index (χ0n) is 12.3. The Kier molecular flexibility index (Phi) is 4.07. The summed E-state index contributed by atoms with van der Waals surface area (Å²) in [7, 11) is -3.04. The predicted octanol–water partition coefficient (Wildman–Crippen LogP) is 2.91. The zero-order chi connectivity index (χ0) is 15.9. The fourth-order valence-corrected chi connectivity index (χ4v) is 4.80. The number of urea groups is 1. The third kappa shape index (κ3) is 3.08. The fraction of sp³-hybridized carbons (Fsp3) is 0.533. The lowest BCUT2D eigenvalue weighted by Gasteiger charge is -2.38. The van der Waals surface area contributed by atoms with Crippen molar-refractivity contribution in [2.24, 2.45) is 0 Å². The molecular formula is C15H19ClN2O3S. The predicted molar refractivity (Wildman–Crippen MR) is 87.0 cm³/mol. The number of benzene rings is 1. The molecule has 2 atom stereocenters. The standard InChI is InChI=1S/C15H19ClN2O3S/c1-22(20,21)14-8-12-6-7-13(9-14)18(12)15(19)17-11-4-2-10(16)3-5-11/h2-5,12-14H,6-9H2,1H3,(H,17,19). The van der Waals surface area contributed by atoms with Crippen LogP contribution in [0.4, 0.5) is 10.5 Å². The van der Waals surface area contributed by atoms with E-state index >= 15 is 0 Å². The van der Waals surface area contributed by atoms with Gasteiger partial charge in [-0.1, -0.05) is 11.6 Å². The number of hydrogen-bond donors (Lipinski definition) is 1. The molecule has 3 rings (SSSR count). The van der Waals surface area contributed by atoms with Crippen molar-refractivity contribution >= 4 is 33.2 Å². The smallest absolute Gasteiger partial charge is 0.318 e. The number of amides is 2. The van der Waals surface area contributed by atoms with E-state index in [1.165, 1.54) is 6.26 Å². The molecule has 1 aromatic carbocycles. The van der Waals surface area contributed by atoms with Crippen LogP contribution in [0, 0.1) is 0 Å². The van der Waals surface area contributed by atoms with E-state index in [1.54, 1.807) is 24.3 Å². The molecule has 1 aromatic rings. The molecule has 120 valence electrons. The first-order valence-corrected chi connectivity index (χ1v) is 9.71. The van der Waals surface area contributed by atoms with E-state index in [0.717, 1.165) is 12.8 Å². The number of carbonyl (C=O) groups excluding carboxylic acids is 1. The molecule has 2 amide bonds. The molecule has 22 heavy (non-hydrogen) atoms. The molecule has 2 fully saturated rings. The van der Waals surface area contributed by atoms with Gasteiger partial charge in [0.2, 0.25) is 0 Å². The maximum atomic E-state index is 12.5. The molecule has 2 unspecified atom stereocenters. The quantitative estimate of drug-likeness (QED) is 0.898. The number of sulfone groups is 1. The number of halogens is 1. The van der Waals surface area contributed by atoms with Crippen LogP contribution in [0.2, 0.25) is 5.02 Å². The van der Waals surface area contributed by atoms with Crippen molar-refractivity contribution in [2.45, 2.75) is 43.0 Å². The van der Waals surface area contributed by atoms with Crippen LogP contribution in [0.5, 0.6) is 0 Å². The average Bonchev–Trinajstić information content (AvgIpc) is 2.70. The molecule has 2 aliphatic rings. The van der Waals surface area contributed by atoms with Crippen LogP contribution in [-0.2, 0) is 9.84 Å². The Morgan fingerprint density at radius 1 is 1.18 bits per heavy atom. The number of carbonyl (C=O) groups is 1. The minimum absolute atomic E-state index is 0.0192. The van der Waals surface area contributed by atoms with Gasteiger partial charge in [0.05, 0.1) is 5.25 Å². The van der Waals surface area contributed by atoms with Gasteiger partial charge in [0, 0.05) is 29.0 Å². The van der Waals surface area contributed by atoms with Gasteiger partial charge >= 0.3 is 6.03 Å². The molecule has 2 aliphatic heterocycles. The van der Waals surface area contributed by atoms with E-state index in [4.69, 9.17) is 11.6 Å². The number of nitrogens with one attached hydrogen (secondary N) is 1. The lowest BCUT2D eigenvalue weighted by atomic mass is 10.0. The SMILES string of the molecule is CS(=O)(=O)C1CC2CCC(C1)N2C(=O)Nc1ccc(Cl)cc1. The van der Waals surface area contributed by atoms with E-state index in [-0.39, 0.29) is 23.4 Å². The average molecular weight is 343 g/mol. The molecule has 5 nitrogen and oxygen atoms in total. The van der Waals surface area contributed by atoms with Gasteiger partial charge in [-0.05, 0) is 49.9 Å². The summed E-state index contributed by atoms with van der Waals surface area (Å²) in [6.07, 6.45) is 4.14. The van der Waals surface area contributed by atoms with Crippen LogP contribution < -0.4 is 5.32 Å². The molecule has 2 bridgehead atoms. The summed E-state index contributed by atoms with van der Waals surface area (Å²) in [5.41, 5.74) is 0.694. The van der Waals surface area contributed by atoms with Crippen molar-refractivity contribution in [1.82, 2.24) is 4.90 Å². The molecule has 0 aromatic heterocycles. The minimum atomic E-state index is -3.04. The van der Waals surface area contributed by atoms with E-state index < -0.39 is 9.84 Å². The minimum Gasteiger partial charge on any atom is -0.318 e. The van der Waals surface area contributed by atoms with Gasteiger partial charge in [-0.3, -0.25) is 0 Å². The van der Waals surface area contributed by atoms with Crippen LogP contribution in [0.25, 0.3) is 0 Å². The number of anilines is 1. The van der Waals surface area contributed by atoms with Gasteiger partial charge in [0.25, 0.3) is 0 Å². The number of piperidine rings is 1. The highest BCUT2D eigenvalue weighted by atomic mass is 35.5. The van der Waals surface area contributed by atoms with E-state index in [2.05, 4.69) is 5.32 Å². The van der Waals surface area contributed by atoms with E-state index in [0.29, 0.717) is 23.6 Å². The van der Waals surface area contributed by atoms with Crippen LogP contribution >= 0.6 is 11.6 Å². The first-order valence-electron chi connectivity index (χ1n) is 7.38. The van der Waals surface area contributed by atoms with Crippen LogP contribution in [0.1, 0.15) is 25.7 Å². The summed E-state index contributed by atoms with van der Waals surface area (Å²) in [5, 5.41) is 3.17. The Balaban J connectivity index is 1.71. The second-order valence-corrected chi connectivity index (χ2v) is 8.91. The first kappa shape index (κ1) is 15.6. The molecule has 0 spiro atoms. The number of rotatable bonds is 2. The lowest BCUT2D eigenvalue weighted by Crippen LogP contribution is -2.51. The Hall–Kier alpha value is -1.27. The monoisotopic (exact) mass is 342 g/mol. The lowest BCUT2D eigenvalue weighted by molar-refractivity contribution is 0.160. The Labute approximate surface area is 135 Å². The summed E-state index contributed by atoms with van der Waals surface area (Å²) in [6, 6.07) is 6.85. The van der Waals surface area contributed by atoms with Gasteiger partial charge in [-0.15, -0.1) is 0 Å². The normalized spacial score (nSPS) is 27.7. The van der Waals surface area contributed by atoms with Crippen molar-refractivity contribution in [3.8, 4) is 0 Å². The van der Waals surface area contributed by atoms with Crippen molar-refractivity contribution < 1.29 is 13.2 Å². The second kappa shape index (κ2) is 5.74. The second-order valence-electron chi connectivity index (χ2n) is 6.15. The van der Waals surface area contributed by atoms with Crippen molar-refractivity contribution in [1.29, 1.82) is 0 Å². The van der Waals surface area contributed by atoms with Gasteiger partial charge in [-0.2, -0.15) is 0 Å². The molecule has 0 aliphatic carbocycles. The topological polar surface area (TPSA) is 66.5 Å². The highest BCUT2D eigenvalue weighted by Crippen LogP contribution is 2.38. The van der Waals surface area contributed by atoms with E-state index in [9.17, 15) is 13.2 Å². The summed E-state index contributed by atoms with van der Waals surface area (Å²) in [4.78, 5) is 14.3. The van der Waals surface area contributed by atoms with Crippen LogP contribution in [-0.4, -0.2) is 42.9 Å². The molecule has 2 saturated heterocycles. The van der Waals surface area contributed by atoms with E-state index in [1.807, 2.05) is 4.90 Å². The van der Waals surface area contributed by atoms with Crippen molar-refractivity contribution in [3.63, 3.8) is 0 Å². The Morgan fingerprint density at radius 3 is 2.23 bits per heavy atom. The summed E-state index contributed by atoms with van der Waals surface area (Å²) >= 11 is 5.83. The third-order valence-electron chi connectivity index (χ3n) is 4.63. The number of nitrogens with zero attached hydrogens (tertiary/aromatic N) is 1. The molecule has 2 heterocycles. The zero-order valence-corrected chi connectivity index (χ0v) is 13.9. The summed E-state index contributed by atoms with van der Waals surface area (Å²) in [6.45, 7) is 0.